The average molecular weight is 357 g/mol. The minimum atomic E-state index is -0.0535. The molecule has 1 saturated carbocycles. The highest BCUT2D eigenvalue weighted by molar-refractivity contribution is 5.78. The Balaban J connectivity index is 1.50. The van der Waals surface area contributed by atoms with Crippen LogP contribution in [0.25, 0.3) is 0 Å². The summed E-state index contributed by atoms with van der Waals surface area (Å²) in [5, 5.41) is 6.03. The Bertz CT molecular complexity index is 625. The van der Waals surface area contributed by atoms with E-state index in [0.29, 0.717) is 19.0 Å². The quantitative estimate of drug-likeness (QED) is 0.784. The highest BCUT2D eigenvalue weighted by atomic mass is 16.2. The lowest BCUT2D eigenvalue weighted by Gasteiger charge is -2.29. The molecule has 1 fully saturated rings. The Morgan fingerprint density at radius 3 is 2.69 bits per heavy atom. The van der Waals surface area contributed by atoms with E-state index in [1.807, 2.05) is 11.0 Å². The third-order valence-electron chi connectivity index (χ3n) is 5.55. The number of benzene rings is 1. The summed E-state index contributed by atoms with van der Waals surface area (Å²) in [5.74, 6) is 0.0467. The summed E-state index contributed by atoms with van der Waals surface area (Å²) in [6.45, 7) is 3.22. The van der Waals surface area contributed by atoms with E-state index in [1.54, 1.807) is 0 Å². The molecule has 0 saturated heterocycles. The van der Waals surface area contributed by atoms with Gasteiger partial charge in [-0.15, -0.1) is 0 Å². The predicted molar refractivity (Wildman–Crippen MR) is 103 cm³/mol. The number of nitrogens with zero attached hydrogens (tertiary/aromatic N) is 1. The van der Waals surface area contributed by atoms with Crippen LogP contribution in [0.4, 0.5) is 4.79 Å². The van der Waals surface area contributed by atoms with Crippen LogP contribution in [0.3, 0.4) is 0 Å². The van der Waals surface area contributed by atoms with Crippen LogP contribution in [0, 0.1) is 0 Å². The van der Waals surface area contributed by atoms with Crippen molar-refractivity contribution >= 4 is 11.9 Å². The van der Waals surface area contributed by atoms with Crippen molar-refractivity contribution in [1.29, 1.82) is 0 Å². The van der Waals surface area contributed by atoms with Crippen molar-refractivity contribution in [2.24, 2.45) is 0 Å². The standard InChI is InChI=1S/C21H31N3O2/c1-2-15-24(19-12-11-16-7-3-6-10-18(16)19)21(26)22-14-13-20(25)23-17-8-4-5-9-17/h3,6-7,10,17,19H,2,4-5,8-9,11-15H2,1H3,(H,22,26)(H,23,25). The predicted octanol–water partition coefficient (Wildman–Crippen LogP) is 3.54. The second-order valence-electron chi connectivity index (χ2n) is 7.48. The molecule has 0 radical (unpaired) electrons. The first-order chi connectivity index (χ1) is 12.7. The van der Waals surface area contributed by atoms with Crippen LogP contribution in [0.1, 0.15) is 69.0 Å². The van der Waals surface area contributed by atoms with E-state index >= 15 is 0 Å². The Labute approximate surface area is 156 Å². The summed E-state index contributed by atoms with van der Waals surface area (Å²) in [4.78, 5) is 26.7. The van der Waals surface area contributed by atoms with Crippen LogP contribution in [-0.4, -0.2) is 36.0 Å². The van der Waals surface area contributed by atoms with Crippen LogP contribution in [0.5, 0.6) is 0 Å². The molecule has 2 aliphatic rings. The molecule has 142 valence electrons. The molecule has 2 N–H and O–H groups in total. The van der Waals surface area contributed by atoms with Gasteiger partial charge in [0.1, 0.15) is 0 Å². The van der Waals surface area contributed by atoms with Gasteiger partial charge in [0, 0.05) is 25.6 Å². The molecule has 3 amide bonds. The lowest BCUT2D eigenvalue weighted by molar-refractivity contribution is -0.121. The van der Waals surface area contributed by atoms with Crippen LogP contribution in [0.15, 0.2) is 24.3 Å². The van der Waals surface area contributed by atoms with E-state index in [0.717, 1.165) is 38.6 Å². The van der Waals surface area contributed by atoms with Crippen molar-refractivity contribution in [2.45, 2.75) is 70.4 Å². The first kappa shape index (κ1) is 18.7. The van der Waals surface area contributed by atoms with Gasteiger partial charge < -0.3 is 15.5 Å². The number of urea groups is 1. The van der Waals surface area contributed by atoms with Crippen LogP contribution < -0.4 is 10.6 Å². The Hall–Kier alpha value is -2.04. The summed E-state index contributed by atoms with van der Waals surface area (Å²) in [6, 6.07) is 8.84. The first-order valence-corrected chi connectivity index (χ1v) is 10.1. The number of aryl methyl sites for hydroxylation is 1. The molecule has 0 bridgehead atoms. The van der Waals surface area contributed by atoms with Crippen molar-refractivity contribution in [2.75, 3.05) is 13.1 Å². The van der Waals surface area contributed by atoms with E-state index < -0.39 is 0 Å². The van der Waals surface area contributed by atoms with Gasteiger partial charge in [-0.25, -0.2) is 4.79 Å². The molecular formula is C21H31N3O2. The number of carbonyl (C=O) groups is 2. The Kier molecular flexibility index (Phi) is 6.53. The minimum absolute atomic E-state index is 0.0467. The van der Waals surface area contributed by atoms with Crippen molar-refractivity contribution in [3.63, 3.8) is 0 Å². The second kappa shape index (κ2) is 9.06. The lowest BCUT2D eigenvalue weighted by Crippen LogP contribution is -2.43. The normalized spacial score (nSPS) is 19.2. The van der Waals surface area contributed by atoms with Crippen molar-refractivity contribution in [3.8, 4) is 0 Å². The van der Waals surface area contributed by atoms with Crippen molar-refractivity contribution < 1.29 is 9.59 Å². The van der Waals surface area contributed by atoms with Crippen LogP contribution in [0.2, 0.25) is 0 Å². The first-order valence-electron chi connectivity index (χ1n) is 10.1. The topological polar surface area (TPSA) is 61.4 Å². The number of hydrogen-bond acceptors (Lipinski definition) is 2. The van der Waals surface area contributed by atoms with Gasteiger partial charge in [-0.2, -0.15) is 0 Å². The fraction of sp³-hybridized carbons (Fsp3) is 0.619. The summed E-state index contributed by atoms with van der Waals surface area (Å²) in [6.07, 6.45) is 7.87. The molecule has 2 aliphatic carbocycles. The molecule has 5 heteroatoms. The Morgan fingerprint density at radius 1 is 1.15 bits per heavy atom. The molecule has 0 heterocycles. The molecule has 0 aliphatic heterocycles. The fourth-order valence-electron chi connectivity index (χ4n) is 4.25. The SMILES string of the molecule is CCCN(C(=O)NCCC(=O)NC1CCCC1)C1CCc2ccccc21. The molecule has 1 unspecified atom stereocenters. The van der Waals surface area contributed by atoms with Gasteiger partial charge in [0.15, 0.2) is 0 Å². The molecule has 26 heavy (non-hydrogen) atoms. The summed E-state index contributed by atoms with van der Waals surface area (Å²) >= 11 is 0. The summed E-state index contributed by atoms with van der Waals surface area (Å²) in [5.41, 5.74) is 2.62. The van der Waals surface area contributed by atoms with Gasteiger partial charge in [-0.3, -0.25) is 4.79 Å². The maximum atomic E-state index is 12.7. The van der Waals surface area contributed by atoms with E-state index in [2.05, 4.69) is 35.8 Å². The van der Waals surface area contributed by atoms with Crippen molar-refractivity contribution in [3.05, 3.63) is 35.4 Å². The zero-order chi connectivity index (χ0) is 18.4. The molecular weight excluding hydrogens is 326 g/mol. The third kappa shape index (κ3) is 4.57. The van der Waals surface area contributed by atoms with Crippen LogP contribution in [-0.2, 0) is 11.2 Å². The average Bonchev–Trinajstić information content (AvgIpc) is 3.29. The highest BCUT2D eigenvalue weighted by Crippen LogP contribution is 2.35. The van der Waals surface area contributed by atoms with E-state index in [9.17, 15) is 9.59 Å². The maximum Gasteiger partial charge on any atom is 0.317 e. The number of hydrogen-bond donors (Lipinski definition) is 2. The number of fused-ring (bicyclic) bond motifs is 1. The van der Waals surface area contributed by atoms with E-state index in [-0.39, 0.29) is 18.0 Å². The van der Waals surface area contributed by atoms with E-state index in [4.69, 9.17) is 0 Å². The van der Waals surface area contributed by atoms with E-state index in [1.165, 1.54) is 24.0 Å². The monoisotopic (exact) mass is 357 g/mol. The number of carbonyl (C=O) groups excluding carboxylic acids is 2. The number of rotatable bonds is 7. The zero-order valence-corrected chi connectivity index (χ0v) is 15.8. The molecule has 1 aromatic carbocycles. The highest BCUT2D eigenvalue weighted by Gasteiger charge is 2.30. The van der Waals surface area contributed by atoms with Gasteiger partial charge in [-0.1, -0.05) is 44.0 Å². The molecule has 1 aromatic rings. The summed E-state index contributed by atoms with van der Waals surface area (Å²) < 4.78 is 0. The third-order valence-corrected chi connectivity index (χ3v) is 5.55. The molecule has 3 rings (SSSR count). The largest absolute Gasteiger partial charge is 0.353 e. The van der Waals surface area contributed by atoms with Gasteiger partial charge in [0.05, 0.1) is 6.04 Å². The van der Waals surface area contributed by atoms with Gasteiger partial charge in [-0.05, 0) is 43.2 Å². The molecule has 1 atom stereocenters. The fourth-order valence-corrected chi connectivity index (χ4v) is 4.25. The lowest BCUT2D eigenvalue weighted by atomic mass is 10.1. The van der Waals surface area contributed by atoms with Gasteiger partial charge >= 0.3 is 6.03 Å². The maximum absolute atomic E-state index is 12.7. The second-order valence-corrected chi connectivity index (χ2v) is 7.48. The molecule has 0 aromatic heterocycles. The van der Waals surface area contributed by atoms with Crippen molar-refractivity contribution in [1.82, 2.24) is 15.5 Å². The van der Waals surface area contributed by atoms with Gasteiger partial charge in [0.2, 0.25) is 5.91 Å². The zero-order valence-electron chi connectivity index (χ0n) is 15.8. The smallest absolute Gasteiger partial charge is 0.317 e. The summed E-state index contributed by atoms with van der Waals surface area (Å²) in [7, 11) is 0. The number of nitrogens with one attached hydrogen (secondary N) is 2. The molecule has 5 nitrogen and oxygen atoms in total. The number of amides is 3. The van der Waals surface area contributed by atoms with Gasteiger partial charge in [0.25, 0.3) is 0 Å². The van der Waals surface area contributed by atoms with Crippen LogP contribution >= 0.6 is 0 Å². The molecule has 0 spiro atoms. The Morgan fingerprint density at radius 2 is 1.92 bits per heavy atom. The minimum Gasteiger partial charge on any atom is -0.353 e.